The molecule has 0 aromatic heterocycles. The molecule has 1 N–H and O–H groups in total. The molecular weight excluding hydrogens is 220 g/mol. The monoisotopic (exact) mass is 244 g/mol. The molecule has 0 rings (SSSR count). The first kappa shape index (κ1) is 15.9. The van der Waals surface area contributed by atoms with Crippen LogP contribution in [0.4, 0.5) is 0 Å². The number of rotatable bonds is 7. The second-order valence-electron chi connectivity index (χ2n) is 5.05. The Morgan fingerprint density at radius 2 is 1.53 bits per heavy atom. The lowest BCUT2D eigenvalue weighted by molar-refractivity contribution is -0.161. The van der Waals surface area contributed by atoms with Crippen LogP contribution in [0.25, 0.3) is 0 Å². The largest absolute Gasteiger partial charge is 0.481 e. The fourth-order valence-electron chi connectivity index (χ4n) is 1.99. The summed E-state index contributed by atoms with van der Waals surface area (Å²) in [5.74, 6) is -2.69. The summed E-state index contributed by atoms with van der Waals surface area (Å²) in [7, 11) is 0. The summed E-state index contributed by atoms with van der Waals surface area (Å²) >= 11 is 0. The van der Waals surface area contributed by atoms with E-state index in [1.807, 2.05) is 34.6 Å². The molecule has 0 aliphatic rings. The van der Waals surface area contributed by atoms with Crippen molar-refractivity contribution in [2.24, 2.45) is 23.7 Å². The van der Waals surface area contributed by atoms with Gasteiger partial charge in [-0.15, -0.1) is 0 Å². The van der Waals surface area contributed by atoms with E-state index >= 15 is 0 Å². The third kappa shape index (κ3) is 4.75. The molecule has 0 radical (unpaired) electrons. The molecule has 0 bridgehead atoms. The minimum atomic E-state index is -0.924. The Morgan fingerprint density at radius 1 is 1.06 bits per heavy atom. The Hall–Kier alpha value is -1.06. The first-order valence-corrected chi connectivity index (χ1v) is 6.22. The van der Waals surface area contributed by atoms with E-state index < -0.39 is 17.8 Å². The lowest BCUT2D eigenvalue weighted by Gasteiger charge is -2.28. The maximum absolute atomic E-state index is 11.9. The summed E-state index contributed by atoms with van der Waals surface area (Å²) in [5.41, 5.74) is 0. The fraction of sp³-hybridized carbons (Fsp3) is 0.846. The standard InChI is InChI=1S/C13H24O4/c1-6-7-17-13(16)11(9(4)5)10(8(2)3)12(14)15/h8-11H,6-7H2,1-5H3,(H,14,15)/t10-,11+/m0/s1. The number of carboxylic acid groups (broad SMARTS) is 1. The van der Waals surface area contributed by atoms with Crippen molar-refractivity contribution in [3.8, 4) is 0 Å². The predicted molar refractivity (Wildman–Crippen MR) is 65.5 cm³/mol. The fourth-order valence-corrected chi connectivity index (χ4v) is 1.99. The van der Waals surface area contributed by atoms with Crippen molar-refractivity contribution in [2.45, 2.75) is 41.0 Å². The Balaban J connectivity index is 4.92. The van der Waals surface area contributed by atoms with E-state index in [0.717, 1.165) is 6.42 Å². The summed E-state index contributed by atoms with van der Waals surface area (Å²) in [6, 6.07) is 0. The molecular formula is C13H24O4. The number of ether oxygens (including phenoxy) is 1. The SMILES string of the molecule is CCCOC(=O)[C@H](C(C)C)[C@@H](C(=O)O)C(C)C. The summed E-state index contributed by atoms with van der Waals surface area (Å²) in [5, 5.41) is 9.23. The Bertz CT molecular complexity index is 258. The molecule has 0 heterocycles. The molecule has 0 aliphatic carbocycles. The van der Waals surface area contributed by atoms with Gasteiger partial charge in [-0.2, -0.15) is 0 Å². The van der Waals surface area contributed by atoms with Gasteiger partial charge in [-0.3, -0.25) is 9.59 Å². The highest BCUT2D eigenvalue weighted by molar-refractivity contribution is 5.81. The average molecular weight is 244 g/mol. The second-order valence-corrected chi connectivity index (χ2v) is 5.05. The van der Waals surface area contributed by atoms with Gasteiger partial charge in [0.05, 0.1) is 18.4 Å². The molecule has 0 spiro atoms. The summed E-state index contributed by atoms with van der Waals surface area (Å²) in [6.07, 6.45) is 0.746. The summed E-state index contributed by atoms with van der Waals surface area (Å²) < 4.78 is 5.09. The first-order valence-electron chi connectivity index (χ1n) is 6.22. The summed E-state index contributed by atoms with van der Waals surface area (Å²) in [4.78, 5) is 23.2. The molecule has 4 heteroatoms. The van der Waals surface area contributed by atoms with Crippen LogP contribution in [0.2, 0.25) is 0 Å². The molecule has 0 fully saturated rings. The molecule has 0 amide bonds. The van der Waals surface area contributed by atoms with Crippen LogP contribution in [0.5, 0.6) is 0 Å². The molecule has 4 nitrogen and oxygen atoms in total. The van der Waals surface area contributed by atoms with Crippen molar-refractivity contribution < 1.29 is 19.4 Å². The van der Waals surface area contributed by atoms with Crippen molar-refractivity contribution in [1.29, 1.82) is 0 Å². The quantitative estimate of drug-likeness (QED) is 0.699. The van der Waals surface area contributed by atoms with E-state index in [1.165, 1.54) is 0 Å². The number of hydrogen-bond acceptors (Lipinski definition) is 3. The van der Waals surface area contributed by atoms with E-state index in [2.05, 4.69) is 0 Å². The first-order chi connectivity index (χ1) is 7.82. The lowest BCUT2D eigenvalue weighted by atomic mass is 9.77. The van der Waals surface area contributed by atoms with E-state index in [1.54, 1.807) is 0 Å². The van der Waals surface area contributed by atoms with Gasteiger partial charge in [-0.25, -0.2) is 0 Å². The smallest absolute Gasteiger partial charge is 0.310 e. The van der Waals surface area contributed by atoms with Crippen LogP contribution >= 0.6 is 0 Å². The minimum absolute atomic E-state index is 0.0390. The summed E-state index contributed by atoms with van der Waals surface area (Å²) in [6.45, 7) is 9.62. The number of carboxylic acids is 1. The van der Waals surface area contributed by atoms with Crippen LogP contribution in [0.15, 0.2) is 0 Å². The van der Waals surface area contributed by atoms with Gasteiger partial charge in [0.2, 0.25) is 0 Å². The van der Waals surface area contributed by atoms with Crippen LogP contribution in [-0.4, -0.2) is 23.7 Å². The highest BCUT2D eigenvalue weighted by Crippen LogP contribution is 2.29. The molecule has 0 aromatic rings. The van der Waals surface area contributed by atoms with Crippen molar-refractivity contribution in [1.82, 2.24) is 0 Å². The minimum Gasteiger partial charge on any atom is -0.481 e. The number of carbonyl (C=O) groups is 2. The van der Waals surface area contributed by atoms with Gasteiger partial charge in [-0.1, -0.05) is 34.6 Å². The molecule has 0 saturated heterocycles. The van der Waals surface area contributed by atoms with Crippen LogP contribution in [-0.2, 0) is 14.3 Å². The normalized spacial score (nSPS) is 14.8. The molecule has 0 aromatic carbocycles. The van der Waals surface area contributed by atoms with Gasteiger partial charge in [0.1, 0.15) is 0 Å². The van der Waals surface area contributed by atoms with Gasteiger partial charge in [0.15, 0.2) is 0 Å². The predicted octanol–water partition coefficient (Wildman–Crippen LogP) is 2.57. The Kier molecular flexibility index (Phi) is 6.85. The zero-order chi connectivity index (χ0) is 13.6. The van der Waals surface area contributed by atoms with Crippen LogP contribution < -0.4 is 0 Å². The van der Waals surface area contributed by atoms with Crippen molar-refractivity contribution >= 4 is 11.9 Å². The zero-order valence-corrected chi connectivity index (χ0v) is 11.4. The van der Waals surface area contributed by atoms with Crippen molar-refractivity contribution in [2.75, 3.05) is 6.61 Å². The molecule has 0 unspecified atom stereocenters. The van der Waals surface area contributed by atoms with E-state index in [0.29, 0.717) is 6.61 Å². The van der Waals surface area contributed by atoms with E-state index in [9.17, 15) is 14.7 Å². The Labute approximate surface area is 103 Å². The number of hydrogen-bond donors (Lipinski definition) is 1. The van der Waals surface area contributed by atoms with E-state index in [-0.39, 0.29) is 17.8 Å². The van der Waals surface area contributed by atoms with Gasteiger partial charge in [0, 0.05) is 0 Å². The number of carbonyl (C=O) groups excluding carboxylic acids is 1. The van der Waals surface area contributed by atoms with Gasteiger partial charge < -0.3 is 9.84 Å². The van der Waals surface area contributed by atoms with Crippen LogP contribution in [0.1, 0.15) is 41.0 Å². The zero-order valence-electron chi connectivity index (χ0n) is 11.4. The molecule has 2 atom stereocenters. The lowest BCUT2D eigenvalue weighted by Crippen LogP contribution is -2.38. The van der Waals surface area contributed by atoms with Crippen LogP contribution in [0.3, 0.4) is 0 Å². The highest BCUT2D eigenvalue weighted by atomic mass is 16.5. The number of aliphatic carboxylic acids is 1. The third-order valence-corrected chi connectivity index (χ3v) is 2.83. The van der Waals surface area contributed by atoms with Gasteiger partial charge in [0.25, 0.3) is 0 Å². The van der Waals surface area contributed by atoms with Crippen molar-refractivity contribution in [3.05, 3.63) is 0 Å². The van der Waals surface area contributed by atoms with E-state index in [4.69, 9.17) is 4.74 Å². The second kappa shape index (κ2) is 7.30. The van der Waals surface area contributed by atoms with Crippen molar-refractivity contribution in [3.63, 3.8) is 0 Å². The molecule has 0 saturated carbocycles. The molecule has 0 aliphatic heterocycles. The average Bonchev–Trinajstić information content (AvgIpc) is 2.20. The van der Waals surface area contributed by atoms with Gasteiger partial charge >= 0.3 is 11.9 Å². The third-order valence-electron chi connectivity index (χ3n) is 2.83. The maximum atomic E-state index is 11.9. The molecule has 17 heavy (non-hydrogen) atoms. The molecule has 100 valence electrons. The Morgan fingerprint density at radius 3 is 1.82 bits per heavy atom. The highest BCUT2D eigenvalue weighted by Gasteiger charge is 2.38. The van der Waals surface area contributed by atoms with Gasteiger partial charge in [-0.05, 0) is 18.3 Å². The maximum Gasteiger partial charge on any atom is 0.310 e. The topological polar surface area (TPSA) is 63.6 Å². The number of esters is 1. The van der Waals surface area contributed by atoms with Crippen LogP contribution in [0, 0.1) is 23.7 Å².